The van der Waals surface area contributed by atoms with Crippen LogP contribution in [0.2, 0.25) is 0 Å². The molecule has 0 atom stereocenters. The molecule has 86 heavy (non-hydrogen) atoms. The Morgan fingerprint density at radius 2 is 0.907 bits per heavy atom. The topological polar surface area (TPSA) is 20.2 Å². The molecular formula is C82H76BN3. The molecular weight excluding hydrogens is 1040 g/mol. The molecule has 0 fully saturated rings. The van der Waals surface area contributed by atoms with E-state index in [-0.39, 0.29) is 12.1 Å². The summed E-state index contributed by atoms with van der Waals surface area (Å²) in [6, 6.07) is 90.1. The summed E-state index contributed by atoms with van der Waals surface area (Å²) in [6.45, 7) is 14.0. The van der Waals surface area contributed by atoms with Gasteiger partial charge < -0.3 is 14.8 Å². The van der Waals surface area contributed by atoms with Crippen molar-refractivity contribution in [2.75, 3.05) is 10.2 Å². The third kappa shape index (κ3) is 9.83. The summed E-state index contributed by atoms with van der Waals surface area (Å²) in [5.41, 5.74) is 31.2. The average molecular weight is 1110 g/mol. The lowest BCUT2D eigenvalue weighted by molar-refractivity contribution is 0.591. The monoisotopic (exact) mass is 1110 g/mol. The maximum atomic E-state index is 4.42. The Morgan fingerprint density at radius 3 is 1.44 bits per heavy atom. The molecule has 0 saturated carbocycles. The van der Waals surface area contributed by atoms with E-state index in [1.807, 2.05) is 0 Å². The fourth-order valence-electron chi connectivity index (χ4n) is 14.2. The molecule has 3 heterocycles. The van der Waals surface area contributed by atoms with Gasteiger partial charge in [-0.15, -0.1) is 0 Å². The minimum Gasteiger partial charge on any atom is -0.356 e. The van der Waals surface area contributed by atoms with Crippen molar-refractivity contribution in [2.24, 2.45) is 0 Å². The molecule has 0 amide bonds. The zero-order valence-electron chi connectivity index (χ0n) is 50.9. The third-order valence-electron chi connectivity index (χ3n) is 18.5. The standard InChI is InChI=1S/C82H76BN3/c1-7-10-29-55-46-60(30-11-8-2)78(61(47-55)31-12-9-3)70-50-63(57-34-19-14-20-35-57)51-72-80(70)84-73-52-64(82(4,5)6)53-77-79(73)83(72)71-45-44-65(85-74-42-27-25-40-66(74)67-41-26-28-43-75(67)85)54-76(71)86(77)81-68(58-36-21-15-22-37-58)48-62(56-32-17-13-18-33-56)49-69(81)59-38-23-16-24-39-59/h13-28,32-54,84H,7-12,29-31H2,1-6H3. The number of anilines is 5. The number of para-hydroxylation sites is 2. The van der Waals surface area contributed by atoms with E-state index in [2.05, 4.69) is 293 Å². The number of nitrogens with one attached hydrogen (secondary N) is 1. The summed E-state index contributed by atoms with van der Waals surface area (Å²) >= 11 is 0. The van der Waals surface area contributed by atoms with E-state index in [1.54, 1.807) is 0 Å². The molecule has 0 spiro atoms. The molecule has 0 saturated heterocycles. The van der Waals surface area contributed by atoms with E-state index < -0.39 is 0 Å². The van der Waals surface area contributed by atoms with Crippen LogP contribution in [0.1, 0.15) is 102 Å². The van der Waals surface area contributed by atoms with Crippen molar-refractivity contribution in [3.8, 4) is 61.3 Å². The first-order chi connectivity index (χ1) is 42.2. The van der Waals surface area contributed by atoms with Gasteiger partial charge in [-0.3, -0.25) is 0 Å². The molecule has 11 aromatic carbocycles. The Hall–Kier alpha value is -9.12. The van der Waals surface area contributed by atoms with Crippen LogP contribution in [-0.4, -0.2) is 11.3 Å². The second-order valence-corrected chi connectivity index (χ2v) is 25.2. The highest BCUT2D eigenvalue weighted by molar-refractivity contribution is 7.00. The zero-order chi connectivity index (χ0) is 58.5. The Bertz CT molecular complexity index is 4330. The first kappa shape index (κ1) is 54.8. The van der Waals surface area contributed by atoms with Crippen LogP contribution in [0.4, 0.5) is 28.4 Å². The van der Waals surface area contributed by atoms with Crippen molar-refractivity contribution in [1.82, 2.24) is 4.57 Å². The fraction of sp³-hybridized carbons (Fsp3) is 0.195. The Morgan fingerprint density at radius 1 is 0.419 bits per heavy atom. The molecule has 0 unspecified atom stereocenters. The number of aryl methyl sites for hydroxylation is 3. The van der Waals surface area contributed by atoms with Gasteiger partial charge in [-0.25, -0.2) is 0 Å². The van der Waals surface area contributed by atoms with E-state index in [0.29, 0.717) is 0 Å². The molecule has 12 aromatic rings. The minimum absolute atomic E-state index is 0.128. The van der Waals surface area contributed by atoms with Crippen molar-refractivity contribution in [3.63, 3.8) is 0 Å². The average Bonchev–Trinajstić information content (AvgIpc) is 0.765. The van der Waals surface area contributed by atoms with E-state index >= 15 is 0 Å². The molecule has 422 valence electrons. The highest BCUT2D eigenvalue weighted by atomic mass is 15.2. The molecule has 4 heteroatoms. The summed E-state index contributed by atoms with van der Waals surface area (Å²) in [6.07, 6.45) is 10.2. The smallest absolute Gasteiger partial charge is 0.252 e. The predicted molar refractivity (Wildman–Crippen MR) is 372 cm³/mol. The quantitative estimate of drug-likeness (QED) is 0.0973. The number of hydrogen-bond acceptors (Lipinski definition) is 2. The summed E-state index contributed by atoms with van der Waals surface area (Å²) < 4.78 is 2.51. The van der Waals surface area contributed by atoms with Crippen molar-refractivity contribution < 1.29 is 0 Å². The van der Waals surface area contributed by atoms with Crippen LogP contribution in [0.15, 0.2) is 237 Å². The summed E-state index contributed by atoms with van der Waals surface area (Å²) in [5.74, 6) is 0. The van der Waals surface area contributed by atoms with Crippen LogP contribution in [0.5, 0.6) is 0 Å². The van der Waals surface area contributed by atoms with Crippen LogP contribution in [0.25, 0.3) is 83.1 Å². The third-order valence-corrected chi connectivity index (χ3v) is 18.5. The Balaban J connectivity index is 1.13. The lowest BCUT2D eigenvalue weighted by Gasteiger charge is -2.43. The van der Waals surface area contributed by atoms with Crippen molar-refractivity contribution in [2.45, 2.75) is 105 Å². The maximum Gasteiger partial charge on any atom is 0.252 e. The highest BCUT2D eigenvalue weighted by Crippen LogP contribution is 2.52. The molecule has 2 aliphatic heterocycles. The minimum atomic E-state index is -0.198. The molecule has 2 aliphatic rings. The van der Waals surface area contributed by atoms with Crippen LogP contribution in [0.3, 0.4) is 0 Å². The lowest BCUT2D eigenvalue weighted by atomic mass is 9.33. The second kappa shape index (κ2) is 23.0. The van der Waals surface area contributed by atoms with Crippen LogP contribution in [0, 0.1) is 0 Å². The van der Waals surface area contributed by atoms with Gasteiger partial charge in [0, 0.05) is 55.9 Å². The number of unbranched alkanes of at least 4 members (excludes halogenated alkanes) is 3. The molecule has 0 aliphatic carbocycles. The highest BCUT2D eigenvalue weighted by Gasteiger charge is 2.44. The molecule has 14 rings (SSSR count). The summed E-state index contributed by atoms with van der Waals surface area (Å²) in [4.78, 5) is 2.70. The lowest BCUT2D eigenvalue weighted by Crippen LogP contribution is -2.60. The first-order valence-electron chi connectivity index (χ1n) is 31.8. The second-order valence-electron chi connectivity index (χ2n) is 25.2. The van der Waals surface area contributed by atoms with Crippen molar-refractivity contribution in [3.05, 3.63) is 259 Å². The van der Waals surface area contributed by atoms with Gasteiger partial charge in [0.25, 0.3) is 6.71 Å². The number of hydrogen-bond donors (Lipinski definition) is 1. The molecule has 0 bridgehead atoms. The van der Waals surface area contributed by atoms with E-state index in [9.17, 15) is 0 Å². The predicted octanol–water partition coefficient (Wildman–Crippen LogP) is 20.8. The van der Waals surface area contributed by atoms with E-state index in [1.165, 1.54) is 152 Å². The van der Waals surface area contributed by atoms with Crippen LogP contribution < -0.4 is 26.6 Å². The molecule has 1 N–H and O–H groups in total. The molecule has 3 nitrogen and oxygen atoms in total. The largest absolute Gasteiger partial charge is 0.356 e. The fourth-order valence-corrected chi connectivity index (χ4v) is 14.2. The van der Waals surface area contributed by atoms with Gasteiger partial charge in [-0.1, -0.05) is 243 Å². The first-order valence-corrected chi connectivity index (χ1v) is 31.8. The van der Waals surface area contributed by atoms with Gasteiger partial charge in [0.1, 0.15) is 0 Å². The van der Waals surface area contributed by atoms with Gasteiger partial charge in [-0.2, -0.15) is 0 Å². The maximum absolute atomic E-state index is 4.42. The van der Waals surface area contributed by atoms with Gasteiger partial charge >= 0.3 is 0 Å². The van der Waals surface area contributed by atoms with Gasteiger partial charge in [0.05, 0.1) is 16.7 Å². The summed E-state index contributed by atoms with van der Waals surface area (Å²) in [7, 11) is 0. The van der Waals surface area contributed by atoms with Crippen molar-refractivity contribution >= 4 is 73.3 Å². The number of benzene rings is 11. The van der Waals surface area contributed by atoms with E-state index in [0.717, 1.165) is 56.3 Å². The summed E-state index contributed by atoms with van der Waals surface area (Å²) in [5, 5.41) is 6.92. The molecule has 0 radical (unpaired) electrons. The van der Waals surface area contributed by atoms with E-state index in [4.69, 9.17) is 0 Å². The normalized spacial score (nSPS) is 12.5. The Kier molecular flexibility index (Phi) is 14.7. The SMILES string of the molecule is CCCCc1cc(CCCC)c(-c2cc(-c3ccccc3)cc3c2Nc2cc(C(C)(C)C)cc4c2B3c2ccc(-n3c5ccccc5c5ccccc53)cc2N4c2c(-c3ccccc3)cc(-c3ccccc3)cc2-c2ccccc2)c(CCCC)c1. The van der Waals surface area contributed by atoms with Crippen molar-refractivity contribution in [1.29, 1.82) is 0 Å². The zero-order valence-corrected chi connectivity index (χ0v) is 50.9. The number of aromatic nitrogens is 1. The van der Waals surface area contributed by atoms with Gasteiger partial charge in [0.15, 0.2) is 0 Å². The Labute approximate surface area is 510 Å². The number of fused-ring (bicyclic) bond motifs is 7. The van der Waals surface area contributed by atoms with Crippen LogP contribution in [-0.2, 0) is 24.7 Å². The van der Waals surface area contributed by atoms with Crippen LogP contribution >= 0.6 is 0 Å². The number of nitrogens with zero attached hydrogens (tertiary/aromatic N) is 2. The number of rotatable bonds is 16. The van der Waals surface area contributed by atoms with Gasteiger partial charge in [-0.05, 0) is 176 Å². The van der Waals surface area contributed by atoms with Gasteiger partial charge in [0.2, 0.25) is 0 Å². The molecule has 1 aromatic heterocycles.